The number of carbonyl (C=O) groups excluding carboxylic acids is 1. The lowest BCUT2D eigenvalue weighted by Gasteiger charge is -2.41. The molecular formula is C21H28N4O3S. The highest BCUT2D eigenvalue weighted by Crippen LogP contribution is 2.30. The van der Waals surface area contributed by atoms with Crippen LogP contribution in [0.3, 0.4) is 0 Å². The van der Waals surface area contributed by atoms with Crippen LogP contribution in [0.15, 0.2) is 36.4 Å². The number of para-hydroxylation sites is 1. The van der Waals surface area contributed by atoms with Gasteiger partial charge < -0.3 is 20.2 Å². The van der Waals surface area contributed by atoms with E-state index in [1.807, 2.05) is 42.5 Å². The van der Waals surface area contributed by atoms with Gasteiger partial charge in [-0.1, -0.05) is 30.0 Å². The van der Waals surface area contributed by atoms with Crippen molar-refractivity contribution >= 4 is 28.3 Å². The first-order valence-electron chi connectivity index (χ1n) is 9.59. The van der Waals surface area contributed by atoms with Gasteiger partial charge in [-0.2, -0.15) is 0 Å². The Kier molecular flexibility index (Phi) is 7.00. The minimum Gasteiger partial charge on any atom is -0.479 e. The van der Waals surface area contributed by atoms with Gasteiger partial charge in [0, 0.05) is 36.6 Å². The molecule has 0 radical (unpaired) electrons. The van der Waals surface area contributed by atoms with Crippen molar-refractivity contribution < 1.29 is 14.6 Å². The summed E-state index contributed by atoms with van der Waals surface area (Å²) in [5.74, 6) is 0.438. The second kappa shape index (κ2) is 9.47. The summed E-state index contributed by atoms with van der Waals surface area (Å²) in [6.45, 7) is 5.56. The van der Waals surface area contributed by atoms with Gasteiger partial charge in [0.2, 0.25) is 11.0 Å². The van der Waals surface area contributed by atoms with Crippen LogP contribution in [-0.2, 0) is 4.79 Å². The maximum Gasteiger partial charge on any atom is 0.238 e. The Morgan fingerprint density at radius 3 is 2.69 bits per heavy atom. The number of benzene rings is 1. The van der Waals surface area contributed by atoms with E-state index in [1.165, 1.54) is 11.8 Å². The number of nitrogens with zero attached hydrogens (tertiary/aromatic N) is 3. The van der Waals surface area contributed by atoms with Crippen LogP contribution in [0, 0.1) is 6.92 Å². The summed E-state index contributed by atoms with van der Waals surface area (Å²) in [6.07, 6.45) is 1.16. The molecule has 1 aliphatic rings. The summed E-state index contributed by atoms with van der Waals surface area (Å²) in [4.78, 5) is 19.4. The number of hydrogen-bond donors (Lipinski definition) is 2. The molecule has 0 aliphatic carbocycles. The van der Waals surface area contributed by atoms with E-state index in [0.717, 1.165) is 17.8 Å². The van der Waals surface area contributed by atoms with E-state index in [1.54, 1.807) is 14.0 Å². The minimum atomic E-state index is -0.646. The average Bonchev–Trinajstić information content (AvgIpc) is 2.74. The van der Waals surface area contributed by atoms with E-state index in [4.69, 9.17) is 4.74 Å². The predicted octanol–water partition coefficient (Wildman–Crippen LogP) is 2.86. The lowest BCUT2D eigenvalue weighted by Crippen LogP contribution is -2.58. The number of pyridine rings is 1. The fourth-order valence-corrected chi connectivity index (χ4v) is 4.01. The molecule has 1 aromatic heterocycles. The molecule has 2 N–H and O–H groups in total. The summed E-state index contributed by atoms with van der Waals surface area (Å²) < 4.78 is 5.43. The lowest BCUT2D eigenvalue weighted by atomic mass is 10.1. The Morgan fingerprint density at radius 1 is 1.34 bits per heavy atom. The average molecular weight is 417 g/mol. The normalized spacial score (nSPS) is 18.4. The number of aryl methyl sites for hydroxylation is 1. The highest BCUT2D eigenvalue weighted by molar-refractivity contribution is 8.13. The quantitative estimate of drug-likeness (QED) is 0.744. The summed E-state index contributed by atoms with van der Waals surface area (Å²) in [6, 6.07) is 11.6. The largest absolute Gasteiger partial charge is 0.479 e. The molecule has 29 heavy (non-hydrogen) atoms. The van der Waals surface area contributed by atoms with Crippen molar-refractivity contribution in [2.75, 3.05) is 43.3 Å². The van der Waals surface area contributed by atoms with Crippen molar-refractivity contribution in [1.82, 2.24) is 9.99 Å². The maximum atomic E-state index is 12.7. The summed E-state index contributed by atoms with van der Waals surface area (Å²) in [5, 5.41) is 12.1. The number of aromatic nitrogens is 1. The van der Waals surface area contributed by atoms with Gasteiger partial charge in [0.15, 0.2) is 0 Å². The van der Waals surface area contributed by atoms with Crippen LogP contribution in [0.4, 0.5) is 11.4 Å². The van der Waals surface area contributed by atoms with Gasteiger partial charge in [-0.15, -0.1) is 0 Å². The highest BCUT2D eigenvalue weighted by Gasteiger charge is 2.33. The SMILES string of the molecule is COc1nc(C)c(C(C)O)cc1NN1CCN(c2ccccc2)CC1C(=O)SC. The first-order chi connectivity index (χ1) is 13.9. The first kappa shape index (κ1) is 21.4. The monoisotopic (exact) mass is 416 g/mol. The van der Waals surface area contributed by atoms with Crippen LogP contribution in [0.2, 0.25) is 0 Å². The molecule has 2 aromatic rings. The van der Waals surface area contributed by atoms with Crippen LogP contribution in [-0.4, -0.2) is 59.3 Å². The lowest BCUT2D eigenvalue weighted by molar-refractivity contribution is -0.115. The fourth-order valence-electron chi connectivity index (χ4n) is 3.54. The van der Waals surface area contributed by atoms with E-state index in [2.05, 4.69) is 27.4 Å². The van der Waals surface area contributed by atoms with E-state index in [-0.39, 0.29) is 11.2 Å². The van der Waals surface area contributed by atoms with Crippen LogP contribution >= 0.6 is 11.8 Å². The van der Waals surface area contributed by atoms with Gasteiger partial charge in [-0.25, -0.2) is 9.99 Å². The number of nitrogens with one attached hydrogen (secondary N) is 1. The maximum absolute atomic E-state index is 12.7. The third kappa shape index (κ3) is 4.83. The number of aliphatic hydroxyl groups is 1. The molecule has 0 spiro atoms. The van der Waals surface area contributed by atoms with Gasteiger partial charge in [-0.05, 0) is 38.3 Å². The standard InChI is InChI=1S/C21H28N4O3S/c1-14-17(15(2)26)12-18(20(22-14)28-3)23-25-11-10-24(13-19(25)21(27)29-4)16-8-6-5-7-9-16/h5-9,12,15,19,23,26H,10-11,13H2,1-4H3. The molecule has 1 fully saturated rings. The van der Waals surface area contributed by atoms with Crippen molar-refractivity contribution in [2.24, 2.45) is 0 Å². The number of hydrazine groups is 1. The van der Waals surface area contributed by atoms with Gasteiger partial charge in [0.1, 0.15) is 11.7 Å². The van der Waals surface area contributed by atoms with Crippen molar-refractivity contribution in [3.05, 3.63) is 47.7 Å². The molecule has 7 nitrogen and oxygen atoms in total. The number of rotatable bonds is 6. The van der Waals surface area contributed by atoms with Crippen LogP contribution in [0.1, 0.15) is 24.3 Å². The number of hydrogen-bond acceptors (Lipinski definition) is 8. The second-order valence-corrected chi connectivity index (χ2v) is 7.83. The van der Waals surface area contributed by atoms with E-state index in [0.29, 0.717) is 30.4 Å². The Morgan fingerprint density at radius 2 is 2.07 bits per heavy atom. The third-order valence-electron chi connectivity index (χ3n) is 5.10. The molecule has 0 amide bonds. The molecule has 8 heteroatoms. The van der Waals surface area contributed by atoms with Crippen LogP contribution < -0.4 is 15.1 Å². The zero-order valence-corrected chi connectivity index (χ0v) is 18.1. The Hall–Kier alpha value is -2.29. The molecule has 1 aromatic carbocycles. The predicted molar refractivity (Wildman–Crippen MR) is 117 cm³/mol. The first-order valence-corrected chi connectivity index (χ1v) is 10.8. The van der Waals surface area contributed by atoms with Crippen molar-refractivity contribution in [2.45, 2.75) is 26.0 Å². The highest BCUT2D eigenvalue weighted by atomic mass is 32.2. The van der Waals surface area contributed by atoms with Crippen LogP contribution in [0.5, 0.6) is 5.88 Å². The smallest absolute Gasteiger partial charge is 0.238 e. The number of aliphatic hydroxyl groups excluding tert-OH is 1. The minimum absolute atomic E-state index is 0.0907. The number of carbonyl (C=O) groups is 1. The molecule has 2 heterocycles. The summed E-state index contributed by atoms with van der Waals surface area (Å²) >= 11 is 1.23. The van der Waals surface area contributed by atoms with Gasteiger partial charge in [0.25, 0.3) is 0 Å². The van der Waals surface area contributed by atoms with E-state index >= 15 is 0 Å². The Balaban J connectivity index is 1.86. The molecular weight excluding hydrogens is 388 g/mol. The third-order valence-corrected chi connectivity index (χ3v) is 5.77. The summed E-state index contributed by atoms with van der Waals surface area (Å²) in [5.41, 5.74) is 6.52. The number of methoxy groups -OCH3 is 1. The molecule has 2 atom stereocenters. The Bertz CT molecular complexity index is 847. The van der Waals surface area contributed by atoms with E-state index in [9.17, 15) is 9.90 Å². The molecule has 2 unspecified atom stereocenters. The molecule has 0 bridgehead atoms. The van der Waals surface area contributed by atoms with E-state index < -0.39 is 6.10 Å². The zero-order valence-electron chi connectivity index (χ0n) is 17.3. The molecule has 1 aliphatic heterocycles. The molecule has 3 rings (SSSR count). The van der Waals surface area contributed by atoms with Crippen molar-refractivity contribution in [1.29, 1.82) is 0 Å². The van der Waals surface area contributed by atoms with Gasteiger partial charge >= 0.3 is 0 Å². The van der Waals surface area contributed by atoms with Crippen molar-refractivity contribution in [3.63, 3.8) is 0 Å². The Labute approximate surface area is 176 Å². The number of piperazine rings is 1. The number of thioether (sulfide) groups is 1. The fraction of sp³-hybridized carbons (Fsp3) is 0.429. The summed E-state index contributed by atoms with van der Waals surface area (Å²) in [7, 11) is 1.56. The number of ether oxygens (including phenoxy) is 1. The molecule has 156 valence electrons. The van der Waals surface area contributed by atoms with Gasteiger partial charge in [0.05, 0.1) is 13.2 Å². The zero-order chi connectivity index (χ0) is 21.0. The van der Waals surface area contributed by atoms with Gasteiger partial charge in [-0.3, -0.25) is 4.79 Å². The number of anilines is 2. The van der Waals surface area contributed by atoms with Crippen LogP contribution in [0.25, 0.3) is 0 Å². The topological polar surface area (TPSA) is 77.9 Å². The molecule has 0 saturated carbocycles. The molecule has 1 saturated heterocycles. The van der Waals surface area contributed by atoms with Crippen molar-refractivity contribution in [3.8, 4) is 5.88 Å². The second-order valence-electron chi connectivity index (χ2n) is 7.02.